The minimum Gasteiger partial charge on any atom is -0.490 e. The van der Waals surface area contributed by atoms with E-state index in [9.17, 15) is 10.1 Å². The Morgan fingerprint density at radius 1 is 1.60 bits per heavy atom. The van der Waals surface area contributed by atoms with Crippen molar-refractivity contribution >= 4 is 5.82 Å². The third-order valence-corrected chi connectivity index (χ3v) is 1.91. The van der Waals surface area contributed by atoms with Crippen LogP contribution in [0.4, 0.5) is 5.82 Å². The summed E-state index contributed by atoms with van der Waals surface area (Å²) in [5, 5.41) is 19.1. The van der Waals surface area contributed by atoms with Gasteiger partial charge in [-0.25, -0.2) is 0 Å². The van der Waals surface area contributed by atoms with Gasteiger partial charge in [0.05, 0.1) is 12.2 Å². The quantitative estimate of drug-likeness (QED) is 0.549. The number of nitrogens with zero attached hydrogens (tertiary/aromatic N) is 3. The van der Waals surface area contributed by atoms with Gasteiger partial charge in [-0.2, -0.15) is 5.26 Å². The molecule has 2 rings (SSSR count). The Labute approximate surface area is 85.3 Å². The molecule has 0 aliphatic heterocycles. The number of pyridine rings is 1. The zero-order valence-corrected chi connectivity index (χ0v) is 7.71. The molecule has 0 aromatic carbocycles. The molecule has 1 heterocycles. The largest absolute Gasteiger partial charge is 0.490 e. The maximum atomic E-state index is 10.5. The molecule has 15 heavy (non-hydrogen) atoms. The molecule has 0 unspecified atom stereocenters. The third-order valence-electron chi connectivity index (χ3n) is 1.91. The summed E-state index contributed by atoms with van der Waals surface area (Å²) in [6, 6.07) is 4.40. The standard InChI is InChI=1S/C9H7N3O3/c10-5-6-3-8(15-7-1-2-7)4-9(11-6)12(13)14/h3-4,7H,1-2H2. The van der Waals surface area contributed by atoms with Crippen LogP contribution in [0.2, 0.25) is 0 Å². The first kappa shape index (κ1) is 9.40. The van der Waals surface area contributed by atoms with E-state index in [2.05, 4.69) is 4.98 Å². The van der Waals surface area contributed by atoms with Gasteiger partial charge in [0.15, 0.2) is 0 Å². The zero-order valence-electron chi connectivity index (χ0n) is 7.71. The van der Waals surface area contributed by atoms with E-state index in [-0.39, 0.29) is 17.6 Å². The molecule has 6 nitrogen and oxygen atoms in total. The summed E-state index contributed by atoms with van der Waals surface area (Å²) in [5.41, 5.74) is -0.000139. The summed E-state index contributed by atoms with van der Waals surface area (Å²) in [6.07, 6.45) is 2.05. The van der Waals surface area contributed by atoms with Crippen LogP contribution in [0.3, 0.4) is 0 Å². The molecule has 0 amide bonds. The van der Waals surface area contributed by atoms with Gasteiger partial charge in [0.1, 0.15) is 11.8 Å². The Balaban J connectivity index is 2.32. The van der Waals surface area contributed by atoms with E-state index in [1.54, 1.807) is 6.07 Å². The Kier molecular flexibility index (Phi) is 2.21. The normalized spacial score (nSPS) is 14.3. The van der Waals surface area contributed by atoms with Crippen LogP contribution in [0.1, 0.15) is 18.5 Å². The Morgan fingerprint density at radius 3 is 2.87 bits per heavy atom. The van der Waals surface area contributed by atoms with Crippen LogP contribution in [0, 0.1) is 21.4 Å². The van der Waals surface area contributed by atoms with Gasteiger partial charge in [-0.3, -0.25) is 0 Å². The summed E-state index contributed by atoms with van der Waals surface area (Å²) in [6.45, 7) is 0. The van der Waals surface area contributed by atoms with Gasteiger partial charge in [-0.05, 0) is 22.7 Å². The van der Waals surface area contributed by atoms with Crippen molar-refractivity contribution < 1.29 is 9.66 Å². The second-order valence-electron chi connectivity index (χ2n) is 3.23. The lowest BCUT2D eigenvalue weighted by atomic mass is 10.3. The van der Waals surface area contributed by atoms with Crippen LogP contribution in [0.15, 0.2) is 12.1 Å². The highest BCUT2D eigenvalue weighted by molar-refractivity contribution is 5.38. The van der Waals surface area contributed by atoms with Crippen molar-refractivity contribution in [1.29, 1.82) is 5.26 Å². The Morgan fingerprint density at radius 2 is 2.33 bits per heavy atom. The predicted octanol–water partition coefficient (Wildman–Crippen LogP) is 1.40. The lowest BCUT2D eigenvalue weighted by molar-refractivity contribution is -0.389. The number of hydrogen-bond acceptors (Lipinski definition) is 5. The average Bonchev–Trinajstić information content (AvgIpc) is 3.01. The minimum atomic E-state index is -0.638. The fourth-order valence-electron chi connectivity index (χ4n) is 1.09. The second kappa shape index (κ2) is 3.53. The van der Waals surface area contributed by atoms with Gasteiger partial charge in [-0.1, -0.05) is 0 Å². The number of nitriles is 1. The first-order valence-corrected chi connectivity index (χ1v) is 4.42. The Hall–Kier alpha value is -2.16. The van der Waals surface area contributed by atoms with Gasteiger partial charge in [-0.15, -0.1) is 0 Å². The van der Waals surface area contributed by atoms with E-state index in [0.717, 1.165) is 12.8 Å². The summed E-state index contributed by atoms with van der Waals surface area (Å²) in [4.78, 5) is 13.4. The van der Waals surface area contributed by atoms with Crippen molar-refractivity contribution in [3.05, 3.63) is 27.9 Å². The summed E-state index contributed by atoms with van der Waals surface area (Å²) in [7, 11) is 0. The molecular formula is C9H7N3O3. The first-order chi connectivity index (χ1) is 7.19. The van der Waals surface area contributed by atoms with E-state index in [4.69, 9.17) is 10.00 Å². The van der Waals surface area contributed by atoms with Crippen LogP contribution in [-0.2, 0) is 0 Å². The number of aromatic nitrogens is 1. The van der Waals surface area contributed by atoms with Crippen LogP contribution in [-0.4, -0.2) is 16.0 Å². The van der Waals surface area contributed by atoms with Crippen molar-refractivity contribution in [2.45, 2.75) is 18.9 Å². The molecule has 0 radical (unpaired) electrons. The fraction of sp³-hybridized carbons (Fsp3) is 0.333. The molecule has 1 aromatic rings. The van der Waals surface area contributed by atoms with Crippen molar-refractivity contribution in [2.75, 3.05) is 0 Å². The zero-order chi connectivity index (χ0) is 10.8. The van der Waals surface area contributed by atoms with Gasteiger partial charge in [0.25, 0.3) is 5.69 Å². The van der Waals surface area contributed by atoms with E-state index in [1.807, 2.05) is 0 Å². The number of hydrogen-bond donors (Lipinski definition) is 0. The third kappa shape index (κ3) is 2.20. The second-order valence-corrected chi connectivity index (χ2v) is 3.23. The first-order valence-electron chi connectivity index (χ1n) is 4.42. The fourth-order valence-corrected chi connectivity index (χ4v) is 1.09. The molecule has 6 heteroatoms. The minimum absolute atomic E-state index is 0.000139. The Bertz CT molecular complexity index is 448. The smallest absolute Gasteiger partial charge is 0.368 e. The van der Waals surface area contributed by atoms with Crippen LogP contribution in [0.25, 0.3) is 0 Å². The van der Waals surface area contributed by atoms with Crippen LogP contribution in [0.5, 0.6) is 5.75 Å². The van der Waals surface area contributed by atoms with E-state index < -0.39 is 4.92 Å². The maximum absolute atomic E-state index is 10.5. The topological polar surface area (TPSA) is 89.0 Å². The van der Waals surface area contributed by atoms with Crippen molar-refractivity contribution in [1.82, 2.24) is 4.98 Å². The monoisotopic (exact) mass is 205 g/mol. The molecule has 0 bridgehead atoms. The molecule has 0 spiro atoms. The summed E-state index contributed by atoms with van der Waals surface area (Å²) in [5.74, 6) is -0.0135. The van der Waals surface area contributed by atoms with Crippen molar-refractivity contribution in [2.24, 2.45) is 0 Å². The molecule has 0 saturated heterocycles. The summed E-state index contributed by atoms with van der Waals surface area (Å²) < 4.78 is 5.36. The van der Waals surface area contributed by atoms with Gasteiger partial charge >= 0.3 is 5.82 Å². The lowest BCUT2D eigenvalue weighted by Crippen LogP contribution is -2.00. The van der Waals surface area contributed by atoms with Gasteiger partial charge in [0, 0.05) is 6.07 Å². The van der Waals surface area contributed by atoms with Crippen LogP contribution < -0.4 is 4.74 Å². The molecule has 76 valence electrons. The molecular weight excluding hydrogens is 198 g/mol. The average molecular weight is 205 g/mol. The predicted molar refractivity (Wildman–Crippen MR) is 49.3 cm³/mol. The molecule has 1 saturated carbocycles. The highest BCUT2D eigenvalue weighted by Crippen LogP contribution is 2.28. The van der Waals surface area contributed by atoms with Crippen molar-refractivity contribution in [3.8, 4) is 11.8 Å². The number of nitro groups is 1. The maximum Gasteiger partial charge on any atom is 0.368 e. The van der Waals surface area contributed by atoms with Gasteiger partial charge < -0.3 is 14.9 Å². The van der Waals surface area contributed by atoms with E-state index in [0.29, 0.717) is 5.75 Å². The van der Waals surface area contributed by atoms with E-state index >= 15 is 0 Å². The van der Waals surface area contributed by atoms with Crippen LogP contribution >= 0.6 is 0 Å². The van der Waals surface area contributed by atoms with Gasteiger partial charge in [0.2, 0.25) is 0 Å². The molecule has 1 aromatic heterocycles. The molecule has 1 aliphatic rings. The SMILES string of the molecule is N#Cc1cc(OC2CC2)cc([N+](=O)[O-])n1. The highest BCUT2D eigenvalue weighted by Gasteiger charge is 2.25. The lowest BCUT2D eigenvalue weighted by Gasteiger charge is -2.02. The molecule has 0 atom stereocenters. The molecule has 0 N–H and O–H groups in total. The molecule has 1 aliphatic carbocycles. The number of ether oxygens (including phenoxy) is 1. The van der Waals surface area contributed by atoms with Crippen molar-refractivity contribution in [3.63, 3.8) is 0 Å². The van der Waals surface area contributed by atoms with E-state index in [1.165, 1.54) is 12.1 Å². The number of rotatable bonds is 3. The highest BCUT2D eigenvalue weighted by atomic mass is 16.6. The summed E-state index contributed by atoms with van der Waals surface area (Å²) >= 11 is 0. The molecule has 1 fully saturated rings.